The number of nitrogens with zero attached hydrogens (tertiary/aromatic N) is 2. The number of morpholine rings is 1. The predicted molar refractivity (Wildman–Crippen MR) is 54.8 cm³/mol. The molecule has 7 nitrogen and oxygen atoms in total. The standard InChI is InChI=1S/C9H11N3O4/c13-7-5-6(9(14)15)8(11-10-7)12-1-3-16-4-2-12/h5H,1-4H2,(H,10,13)(H,14,15). The number of aromatic carboxylic acids is 1. The second kappa shape index (κ2) is 4.31. The average Bonchev–Trinajstić information content (AvgIpc) is 2.30. The molecular weight excluding hydrogens is 214 g/mol. The topological polar surface area (TPSA) is 95.5 Å². The molecule has 1 aliphatic rings. The Morgan fingerprint density at radius 2 is 2.19 bits per heavy atom. The number of aromatic amines is 1. The lowest BCUT2D eigenvalue weighted by atomic mass is 10.2. The minimum absolute atomic E-state index is 0.0781. The number of rotatable bonds is 2. The van der Waals surface area contributed by atoms with Gasteiger partial charge in [-0.05, 0) is 0 Å². The molecule has 0 aromatic carbocycles. The Bertz CT molecular complexity index is 450. The summed E-state index contributed by atoms with van der Waals surface area (Å²) in [5.74, 6) is -0.865. The van der Waals surface area contributed by atoms with Crippen molar-refractivity contribution in [3.8, 4) is 0 Å². The minimum Gasteiger partial charge on any atom is -0.478 e. The summed E-state index contributed by atoms with van der Waals surface area (Å²) in [5, 5.41) is 15.0. The van der Waals surface area contributed by atoms with Crippen LogP contribution in [0.4, 0.5) is 5.82 Å². The first-order valence-electron chi connectivity index (χ1n) is 4.84. The summed E-state index contributed by atoms with van der Waals surface area (Å²) >= 11 is 0. The molecule has 1 aromatic heterocycles. The van der Waals surface area contributed by atoms with Crippen LogP contribution in [0.1, 0.15) is 10.4 Å². The number of H-pyrrole nitrogens is 1. The molecule has 2 rings (SSSR count). The maximum absolute atomic E-state index is 11.0. The SMILES string of the molecule is O=C(O)c1cc(=O)[nH]nc1N1CCOCC1. The van der Waals surface area contributed by atoms with E-state index in [1.165, 1.54) is 0 Å². The lowest BCUT2D eigenvalue weighted by Gasteiger charge is -2.28. The zero-order chi connectivity index (χ0) is 11.5. The van der Waals surface area contributed by atoms with Crippen molar-refractivity contribution in [3.63, 3.8) is 0 Å². The molecule has 0 aliphatic carbocycles. The molecule has 16 heavy (non-hydrogen) atoms. The van der Waals surface area contributed by atoms with Gasteiger partial charge in [-0.2, -0.15) is 5.10 Å². The van der Waals surface area contributed by atoms with Crippen molar-refractivity contribution in [3.05, 3.63) is 22.0 Å². The second-order valence-electron chi connectivity index (χ2n) is 3.37. The van der Waals surface area contributed by atoms with Crippen molar-refractivity contribution in [2.45, 2.75) is 0 Å². The van der Waals surface area contributed by atoms with Gasteiger partial charge in [0.25, 0.3) is 5.56 Å². The molecule has 0 spiro atoms. The van der Waals surface area contributed by atoms with Crippen molar-refractivity contribution in [2.24, 2.45) is 0 Å². The number of hydrogen-bond donors (Lipinski definition) is 2. The van der Waals surface area contributed by atoms with Crippen LogP contribution in [0.25, 0.3) is 0 Å². The molecule has 0 amide bonds. The van der Waals surface area contributed by atoms with Gasteiger partial charge in [0.15, 0.2) is 5.82 Å². The molecule has 0 atom stereocenters. The molecule has 0 saturated carbocycles. The van der Waals surface area contributed by atoms with Crippen LogP contribution < -0.4 is 10.5 Å². The van der Waals surface area contributed by atoms with E-state index in [0.717, 1.165) is 6.07 Å². The van der Waals surface area contributed by atoms with Crippen LogP contribution in [0, 0.1) is 0 Å². The maximum atomic E-state index is 11.0. The van der Waals surface area contributed by atoms with Crippen molar-refractivity contribution >= 4 is 11.8 Å². The third-order valence-corrected chi connectivity index (χ3v) is 2.33. The smallest absolute Gasteiger partial charge is 0.339 e. The molecule has 0 unspecified atom stereocenters. The Hall–Kier alpha value is -1.89. The lowest BCUT2D eigenvalue weighted by Crippen LogP contribution is -2.38. The van der Waals surface area contributed by atoms with Gasteiger partial charge in [0.05, 0.1) is 13.2 Å². The highest BCUT2D eigenvalue weighted by molar-refractivity contribution is 5.93. The summed E-state index contributed by atoms with van der Waals surface area (Å²) < 4.78 is 5.16. The second-order valence-corrected chi connectivity index (χ2v) is 3.37. The Labute approximate surface area is 90.6 Å². The van der Waals surface area contributed by atoms with Gasteiger partial charge in [-0.15, -0.1) is 0 Å². The van der Waals surface area contributed by atoms with E-state index < -0.39 is 11.5 Å². The van der Waals surface area contributed by atoms with Gasteiger partial charge >= 0.3 is 5.97 Å². The van der Waals surface area contributed by atoms with E-state index in [1.54, 1.807) is 4.90 Å². The molecule has 2 heterocycles. The number of anilines is 1. The van der Waals surface area contributed by atoms with E-state index in [4.69, 9.17) is 9.84 Å². The van der Waals surface area contributed by atoms with E-state index in [1.807, 2.05) is 0 Å². The average molecular weight is 225 g/mol. The molecule has 1 fully saturated rings. The fourth-order valence-corrected chi connectivity index (χ4v) is 1.57. The fourth-order valence-electron chi connectivity index (χ4n) is 1.57. The molecule has 2 N–H and O–H groups in total. The fraction of sp³-hybridized carbons (Fsp3) is 0.444. The molecule has 1 aromatic rings. The summed E-state index contributed by atoms with van der Waals surface area (Å²) in [6, 6.07) is 1.04. The number of carboxylic acids is 1. The van der Waals surface area contributed by atoms with Gasteiger partial charge in [-0.25, -0.2) is 9.89 Å². The number of ether oxygens (including phenoxy) is 1. The summed E-state index contributed by atoms with van der Waals surface area (Å²) in [4.78, 5) is 23.8. The van der Waals surface area contributed by atoms with Gasteiger partial charge in [-0.3, -0.25) is 4.79 Å². The molecule has 1 saturated heterocycles. The minimum atomic E-state index is -1.15. The Kier molecular flexibility index (Phi) is 2.86. The van der Waals surface area contributed by atoms with Crippen LogP contribution in [-0.2, 0) is 4.74 Å². The van der Waals surface area contributed by atoms with E-state index in [0.29, 0.717) is 26.3 Å². The first kappa shape index (κ1) is 10.6. The summed E-state index contributed by atoms with van der Waals surface area (Å²) in [7, 11) is 0. The van der Waals surface area contributed by atoms with Crippen LogP contribution in [0.15, 0.2) is 10.9 Å². The lowest BCUT2D eigenvalue weighted by molar-refractivity contribution is 0.0695. The molecule has 0 radical (unpaired) electrons. The van der Waals surface area contributed by atoms with Gasteiger partial charge < -0.3 is 14.7 Å². The first-order chi connectivity index (χ1) is 7.68. The largest absolute Gasteiger partial charge is 0.478 e. The van der Waals surface area contributed by atoms with Crippen LogP contribution in [-0.4, -0.2) is 47.6 Å². The first-order valence-corrected chi connectivity index (χ1v) is 4.84. The highest BCUT2D eigenvalue weighted by Crippen LogP contribution is 2.16. The molecule has 1 aliphatic heterocycles. The molecule has 86 valence electrons. The third-order valence-electron chi connectivity index (χ3n) is 2.33. The summed E-state index contributed by atoms with van der Waals surface area (Å²) in [6.07, 6.45) is 0. The monoisotopic (exact) mass is 225 g/mol. The molecular formula is C9H11N3O4. The highest BCUT2D eigenvalue weighted by atomic mass is 16.5. The number of aromatic nitrogens is 2. The Morgan fingerprint density at radius 3 is 2.81 bits per heavy atom. The van der Waals surface area contributed by atoms with Crippen LogP contribution in [0.2, 0.25) is 0 Å². The van der Waals surface area contributed by atoms with E-state index in [9.17, 15) is 9.59 Å². The van der Waals surface area contributed by atoms with Crippen LogP contribution in [0.3, 0.4) is 0 Å². The normalized spacial score (nSPS) is 16.1. The Morgan fingerprint density at radius 1 is 1.50 bits per heavy atom. The van der Waals surface area contributed by atoms with Crippen LogP contribution in [0.5, 0.6) is 0 Å². The van der Waals surface area contributed by atoms with Crippen molar-refractivity contribution in [2.75, 3.05) is 31.2 Å². The van der Waals surface area contributed by atoms with Crippen molar-refractivity contribution < 1.29 is 14.6 Å². The van der Waals surface area contributed by atoms with E-state index in [2.05, 4.69) is 10.2 Å². The number of nitrogens with one attached hydrogen (secondary N) is 1. The predicted octanol–water partition coefficient (Wildman–Crippen LogP) is -0.695. The number of hydrogen-bond acceptors (Lipinski definition) is 5. The van der Waals surface area contributed by atoms with Gasteiger partial charge in [0.2, 0.25) is 0 Å². The zero-order valence-electron chi connectivity index (χ0n) is 8.47. The zero-order valence-corrected chi connectivity index (χ0v) is 8.47. The van der Waals surface area contributed by atoms with Crippen molar-refractivity contribution in [1.82, 2.24) is 10.2 Å². The van der Waals surface area contributed by atoms with E-state index in [-0.39, 0.29) is 11.4 Å². The van der Waals surface area contributed by atoms with Crippen molar-refractivity contribution in [1.29, 1.82) is 0 Å². The van der Waals surface area contributed by atoms with Gasteiger partial charge in [0, 0.05) is 19.2 Å². The van der Waals surface area contributed by atoms with Gasteiger partial charge in [0.1, 0.15) is 5.56 Å². The summed E-state index contributed by atoms with van der Waals surface area (Å²) in [6.45, 7) is 2.19. The quantitative estimate of drug-likeness (QED) is 0.691. The molecule has 7 heteroatoms. The van der Waals surface area contributed by atoms with E-state index >= 15 is 0 Å². The highest BCUT2D eigenvalue weighted by Gasteiger charge is 2.20. The third kappa shape index (κ3) is 2.03. The maximum Gasteiger partial charge on any atom is 0.339 e. The molecule has 0 bridgehead atoms. The number of carbonyl (C=O) groups is 1. The van der Waals surface area contributed by atoms with Crippen LogP contribution >= 0.6 is 0 Å². The van der Waals surface area contributed by atoms with Gasteiger partial charge in [-0.1, -0.05) is 0 Å². The summed E-state index contributed by atoms with van der Waals surface area (Å²) in [5.41, 5.74) is -0.597. The number of carboxylic acid groups (broad SMARTS) is 1. The Balaban J connectivity index is 2.38.